The monoisotopic (exact) mass is 931 g/mol. The Hall–Kier alpha value is -5.57. The Labute approximate surface area is 420 Å². The Morgan fingerprint density at radius 1 is 0.362 bits per heavy atom. The summed E-state index contributed by atoms with van der Waals surface area (Å²) in [5.41, 5.74) is 19.6. The van der Waals surface area contributed by atoms with E-state index in [0.29, 0.717) is 5.02 Å². The minimum Gasteiger partial charge on any atom is -0.310 e. The molecule has 7 aromatic rings. The van der Waals surface area contributed by atoms with Crippen LogP contribution in [0.15, 0.2) is 152 Å². The molecular weight excluding hydrogens is 856 g/mol. The maximum Gasteiger partial charge on any atom is 0.0540 e. The van der Waals surface area contributed by atoms with E-state index in [4.69, 9.17) is 11.6 Å². The molecule has 0 spiro atoms. The van der Waals surface area contributed by atoms with Gasteiger partial charge in [0.2, 0.25) is 0 Å². The maximum absolute atomic E-state index is 7.61. The highest BCUT2D eigenvalue weighted by atomic mass is 35.5. The first kappa shape index (κ1) is 48.5. The molecule has 2 aliphatic rings. The molecule has 2 nitrogen and oxygen atoms in total. The molecular formula is C66H75ClN2. The molecule has 0 atom stereocenters. The summed E-state index contributed by atoms with van der Waals surface area (Å²) in [4.78, 5) is 4.97. The summed E-state index contributed by atoms with van der Waals surface area (Å²) in [5, 5.41) is 0.677. The first-order chi connectivity index (χ1) is 32.3. The number of halogens is 1. The molecule has 7 aromatic carbocycles. The fourth-order valence-corrected chi connectivity index (χ4v) is 11.4. The first-order valence-corrected chi connectivity index (χ1v) is 25.8. The SMILES string of the molecule is CC(C)(C)c1ccc(N(c2cc(Cl)cc(N(c3ccc4c(c3)C(C)(C)CCC4(C)C)c3ccc(C(C)(C)C)cc3-c3ccccc3)c2)c2ccc3c(c2)C(C)(C)CCC3(C)C)c(-c2ccccc2)c1. The van der Waals surface area contributed by atoms with Crippen LogP contribution in [-0.2, 0) is 32.5 Å². The topological polar surface area (TPSA) is 6.48 Å². The first-order valence-electron chi connectivity index (χ1n) is 25.5. The molecule has 2 aliphatic carbocycles. The van der Waals surface area contributed by atoms with Crippen LogP contribution in [0.4, 0.5) is 34.1 Å². The molecule has 0 radical (unpaired) electrons. The summed E-state index contributed by atoms with van der Waals surface area (Å²) >= 11 is 7.61. The van der Waals surface area contributed by atoms with Crippen molar-refractivity contribution in [3.8, 4) is 22.3 Å². The molecule has 0 bridgehead atoms. The largest absolute Gasteiger partial charge is 0.310 e. The van der Waals surface area contributed by atoms with Gasteiger partial charge >= 0.3 is 0 Å². The molecule has 0 heterocycles. The Morgan fingerprint density at radius 2 is 0.710 bits per heavy atom. The number of nitrogens with zero attached hydrogens (tertiary/aromatic N) is 2. The smallest absolute Gasteiger partial charge is 0.0540 e. The Bertz CT molecular complexity index is 2830. The van der Waals surface area contributed by atoms with Crippen molar-refractivity contribution in [1.29, 1.82) is 0 Å². The van der Waals surface area contributed by atoms with Crippen LogP contribution < -0.4 is 9.80 Å². The molecule has 0 unspecified atom stereocenters. The van der Waals surface area contributed by atoms with Gasteiger partial charge in [-0.3, -0.25) is 0 Å². The van der Waals surface area contributed by atoms with Crippen molar-refractivity contribution in [2.75, 3.05) is 9.80 Å². The van der Waals surface area contributed by atoms with Crippen LogP contribution in [0.5, 0.6) is 0 Å². The van der Waals surface area contributed by atoms with Crippen LogP contribution in [0.25, 0.3) is 22.3 Å². The van der Waals surface area contributed by atoms with Crippen molar-refractivity contribution >= 4 is 45.7 Å². The predicted octanol–water partition coefficient (Wildman–Crippen LogP) is 19.9. The van der Waals surface area contributed by atoms with Crippen LogP contribution >= 0.6 is 11.6 Å². The van der Waals surface area contributed by atoms with Gasteiger partial charge in [-0.1, -0.05) is 193 Å². The van der Waals surface area contributed by atoms with E-state index in [9.17, 15) is 0 Å². The van der Waals surface area contributed by atoms with Gasteiger partial charge in [0, 0.05) is 38.9 Å². The third kappa shape index (κ3) is 9.32. The summed E-state index contributed by atoms with van der Waals surface area (Å²) < 4.78 is 0. The van der Waals surface area contributed by atoms with Gasteiger partial charge in [0.25, 0.3) is 0 Å². The van der Waals surface area contributed by atoms with Crippen molar-refractivity contribution in [3.05, 3.63) is 190 Å². The third-order valence-electron chi connectivity index (χ3n) is 15.9. The zero-order valence-electron chi connectivity index (χ0n) is 44.0. The van der Waals surface area contributed by atoms with E-state index in [1.54, 1.807) is 0 Å². The van der Waals surface area contributed by atoms with E-state index in [0.717, 1.165) is 59.8 Å². The summed E-state index contributed by atoms with van der Waals surface area (Å²) in [5.74, 6) is 0. The van der Waals surface area contributed by atoms with Crippen LogP contribution in [0.1, 0.15) is 156 Å². The van der Waals surface area contributed by atoms with Crippen molar-refractivity contribution < 1.29 is 0 Å². The fraction of sp³-hybridized carbons (Fsp3) is 0.364. The minimum absolute atomic E-state index is 0.0169. The molecule has 3 heteroatoms. The number of fused-ring (bicyclic) bond motifs is 2. The number of anilines is 6. The lowest BCUT2D eigenvalue weighted by Gasteiger charge is -2.43. The molecule has 9 rings (SSSR count). The molecule has 356 valence electrons. The molecule has 0 N–H and O–H groups in total. The van der Waals surface area contributed by atoms with E-state index in [1.165, 1.54) is 55.6 Å². The van der Waals surface area contributed by atoms with E-state index < -0.39 is 0 Å². The average Bonchev–Trinajstić information content (AvgIpc) is 3.30. The predicted molar refractivity (Wildman–Crippen MR) is 300 cm³/mol. The summed E-state index contributed by atoms with van der Waals surface area (Å²) in [7, 11) is 0. The van der Waals surface area contributed by atoms with Gasteiger partial charge in [-0.2, -0.15) is 0 Å². The number of hydrogen-bond donors (Lipinski definition) is 0. The molecule has 0 aliphatic heterocycles. The van der Waals surface area contributed by atoms with E-state index >= 15 is 0 Å². The minimum atomic E-state index is -0.0459. The second-order valence-electron chi connectivity index (χ2n) is 25.0. The second-order valence-corrected chi connectivity index (χ2v) is 25.5. The van der Waals surface area contributed by atoms with E-state index in [2.05, 4.69) is 258 Å². The standard InChI is InChI=1S/C66H75ClN2/c1-61(2,3)46-25-31-59(53(37-46)44-21-17-15-18-22-44)68(49-27-29-55-57(42-49)65(11,12)35-33-63(55,7)8)51-39-48(67)40-52(41-51)69(50-28-30-56-58(43-50)66(13,14)36-34-64(56,9)10)60-32-26-47(62(4,5)6)38-54(60)45-23-19-16-20-24-45/h15-32,37-43H,33-36H2,1-14H3. The summed E-state index contributed by atoms with van der Waals surface area (Å²) in [6.07, 6.45) is 4.59. The highest BCUT2D eigenvalue weighted by Crippen LogP contribution is 2.53. The number of hydrogen-bond acceptors (Lipinski definition) is 2. The normalized spacial score (nSPS) is 16.9. The zero-order chi connectivity index (χ0) is 49.5. The van der Waals surface area contributed by atoms with Gasteiger partial charge in [0.15, 0.2) is 0 Å². The summed E-state index contributed by atoms with van der Waals surface area (Å²) in [6, 6.07) is 57.3. The van der Waals surface area contributed by atoms with Gasteiger partial charge in [0.05, 0.1) is 11.4 Å². The van der Waals surface area contributed by atoms with Crippen molar-refractivity contribution in [3.63, 3.8) is 0 Å². The zero-order valence-corrected chi connectivity index (χ0v) is 44.8. The number of benzene rings is 7. The lowest BCUT2D eigenvalue weighted by atomic mass is 9.63. The van der Waals surface area contributed by atoms with Crippen LogP contribution in [0.2, 0.25) is 5.02 Å². The molecule has 69 heavy (non-hydrogen) atoms. The molecule has 0 fully saturated rings. The van der Waals surface area contributed by atoms with Crippen LogP contribution in [0, 0.1) is 0 Å². The molecule has 0 amide bonds. The van der Waals surface area contributed by atoms with Gasteiger partial charge in [-0.25, -0.2) is 0 Å². The lowest BCUT2D eigenvalue weighted by Crippen LogP contribution is -2.34. The molecule has 0 saturated carbocycles. The third-order valence-corrected chi connectivity index (χ3v) is 16.2. The fourth-order valence-electron chi connectivity index (χ4n) is 11.2. The quantitative estimate of drug-likeness (QED) is 0.150. The Balaban J connectivity index is 1.36. The van der Waals surface area contributed by atoms with Gasteiger partial charge in [-0.05, 0) is 169 Å². The van der Waals surface area contributed by atoms with E-state index in [1.807, 2.05) is 0 Å². The summed E-state index contributed by atoms with van der Waals surface area (Å²) in [6.45, 7) is 33.2. The Morgan fingerprint density at radius 3 is 1.06 bits per heavy atom. The lowest BCUT2D eigenvalue weighted by molar-refractivity contribution is 0.332. The van der Waals surface area contributed by atoms with Gasteiger partial charge < -0.3 is 9.80 Å². The van der Waals surface area contributed by atoms with Crippen molar-refractivity contribution in [1.82, 2.24) is 0 Å². The van der Waals surface area contributed by atoms with Crippen LogP contribution in [-0.4, -0.2) is 0 Å². The average molecular weight is 932 g/mol. The van der Waals surface area contributed by atoms with Gasteiger partial charge in [-0.15, -0.1) is 0 Å². The highest BCUT2D eigenvalue weighted by Gasteiger charge is 2.39. The van der Waals surface area contributed by atoms with Crippen molar-refractivity contribution in [2.24, 2.45) is 0 Å². The van der Waals surface area contributed by atoms with Crippen molar-refractivity contribution in [2.45, 2.75) is 155 Å². The van der Waals surface area contributed by atoms with E-state index in [-0.39, 0.29) is 32.5 Å². The Kier molecular flexibility index (Phi) is 12.2. The molecule has 0 aromatic heterocycles. The highest BCUT2D eigenvalue weighted by molar-refractivity contribution is 6.31. The second kappa shape index (κ2) is 17.4. The maximum atomic E-state index is 7.61. The number of rotatable bonds is 8. The molecule has 0 saturated heterocycles. The van der Waals surface area contributed by atoms with Gasteiger partial charge in [0.1, 0.15) is 0 Å². The van der Waals surface area contributed by atoms with Crippen LogP contribution in [0.3, 0.4) is 0 Å².